The van der Waals surface area contributed by atoms with Crippen LogP contribution >= 0.6 is 11.3 Å². The number of amides is 1. The maximum absolute atomic E-state index is 13.0. The van der Waals surface area contributed by atoms with Gasteiger partial charge in [0.05, 0.1) is 11.5 Å². The van der Waals surface area contributed by atoms with Gasteiger partial charge >= 0.3 is 5.97 Å². The maximum Gasteiger partial charge on any atom is 0.329 e. The Morgan fingerprint density at radius 2 is 2.00 bits per heavy atom. The van der Waals surface area contributed by atoms with Crippen molar-refractivity contribution in [2.75, 3.05) is 19.8 Å². The third kappa shape index (κ3) is 4.87. The highest BCUT2D eigenvalue weighted by atomic mass is 32.1. The molecule has 2 aromatic rings. The van der Waals surface area contributed by atoms with Crippen molar-refractivity contribution in [1.82, 2.24) is 5.32 Å². The lowest BCUT2D eigenvalue weighted by atomic mass is 10.1. The minimum Gasteiger partial charge on any atom is -0.480 e. The molecule has 0 spiro atoms. The minimum absolute atomic E-state index is 0.132. The van der Waals surface area contributed by atoms with Gasteiger partial charge in [0.15, 0.2) is 0 Å². The van der Waals surface area contributed by atoms with Crippen LogP contribution in [-0.4, -0.2) is 36.7 Å². The van der Waals surface area contributed by atoms with E-state index in [1.165, 1.54) is 23.5 Å². The summed E-state index contributed by atoms with van der Waals surface area (Å²) >= 11 is 1.35. The molecule has 1 amide bonds. The van der Waals surface area contributed by atoms with Gasteiger partial charge in [-0.15, -0.1) is 11.3 Å². The summed E-state index contributed by atoms with van der Waals surface area (Å²) in [5.74, 6) is -1.60. The van der Waals surface area contributed by atoms with Gasteiger partial charge in [0.1, 0.15) is 12.4 Å². The van der Waals surface area contributed by atoms with Crippen LogP contribution < -0.4 is 5.32 Å². The van der Waals surface area contributed by atoms with Crippen molar-refractivity contribution in [1.29, 1.82) is 0 Å². The Kier molecular flexibility index (Phi) is 5.84. The fourth-order valence-corrected chi connectivity index (χ4v) is 2.95. The molecule has 23 heavy (non-hydrogen) atoms. The van der Waals surface area contributed by atoms with Gasteiger partial charge in [-0.25, -0.2) is 9.18 Å². The predicted molar refractivity (Wildman–Crippen MR) is 85.2 cm³/mol. The maximum atomic E-state index is 13.0. The van der Waals surface area contributed by atoms with E-state index in [4.69, 9.17) is 9.84 Å². The molecule has 0 aliphatic carbocycles. The van der Waals surface area contributed by atoms with E-state index >= 15 is 0 Å². The lowest BCUT2D eigenvalue weighted by Crippen LogP contribution is -2.27. The summed E-state index contributed by atoms with van der Waals surface area (Å²) in [5, 5.41) is 11.1. The number of ether oxygens (including phenoxy) is 1. The van der Waals surface area contributed by atoms with Crippen LogP contribution in [0.3, 0.4) is 0 Å². The second-order valence-corrected chi connectivity index (χ2v) is 6.05. The number of benzene rings is 1. The monoisotopic (exact) mass is 337 g/mol. The van der Waals surface area contributed by atoms with Crippen LogP contribution in [0.1, 0.15) is 14.5 Å². The number of carbonyl (C=O) groups is 2. The van der Waals surface area contributed by atoms with Gasteiger partial charge < -0.3 is 15.2 Å². The van der Waals surface area contributed by atoms with Crippen LogP contribution in [0.15, 0.2) is 30.3 Å². The van der Waals surface area contributed by atoms with Crippen LogP contribution in [0.2, 0.25) is 0 Å². The van der Waals surface area contributed by atoms with Crippen molar-refractivity contribution in [3.63, 3.8) is 0 Å². The molecule has 0 radical (unpaired) electrons. The number of rotatable bonds is 7. The highest BCUT2D eigenvalue weighted by molar-refractivity contribution is 7.14. The van der Waals surface area contributed by atoms with E-state index in [9.17, 15) is 14.0 Å². The summed E-state index contributed by atoms with van der Waals surface area (Å²) in [5.41, 5.74) is 1.74. The first-order valence-corrected chi connectivity index (χ1v) is 7.73. The summed E-state index contributed by atoms with van der Waals surface area (Å²) < 4.78 is 17.8. The Morgan fingerprint density at radius 1 is 1.30 bits per heavy atom. The smallest absolute Gasteiger partial charge is 0.329 e. The molecule has 0 saturated carbocycles. The Bertz CT molecular complexity index is 697. The van der Waals surface area contributed by atoms with E-state index in [-0.39, 0.29) is 31.5 Å². The Morgan fingerprint density at radius 3 is 2.65 bits per heavy atom. The molecule has 0 unspecified atom stereocenters. The van der Waals surface area contributed by atoms with Crippen LogP contribution in [-0.2, 0) is 9.53 Å². The fraction of sp³-hybridized carbons (Fsp3) is 0.250. The zero-order valence-corrected chi connectivity index (χ0v) is 13.3. The van der Waals surface area contributed by atoms with Crippen molar-refractivity contribution in [2.24, 2.45) is 0 Å². The molecule has 0 atom stereocenters. The molecule has 2 rings (SSSR count). The first-order valence-electron chi connectivity index (χ1n) is 6.91. The number of nitrogens with one attached hydrogen (secondary N) is 1. The summed E-state index contributed by atoms with van der Waals surface area (Å²) in [6, 6.07) is 7.87. The molecule has 1 aromatic carbocycles. The second kappa shape index (κ2) is 7.85. The molecular weight excluding hydrogens is 321 g/mol. The minimum atomic E-state index is -1.05. The number of carboxylic acids is 1. The lowest BCUT2D eigenvalue weighted by Gasteiger charge is -2.03. The molecule has 1 aromatic heterocycles. The highest BCUT2D eigenvalue weighted by Gasteiger charge is 2.13. The molecule has 5 nitrogen and oxygen atoms in total. The van der Waals surface area contributed by atoms with Crippen molar-refractivity contribution in [2.45, 2.75) is 6.92 Å². The van der Waals surface area contributed by atoms with Crippen LogP contribution in [0, 0.1) is 12.7 Å². The Balaban J connectivity index is 1.96. The third-order valence-electron chi connectivity index (χ3n) is 3.05. The van der Waals surface area contributed by atoms with Gasteiger partial charge in [-0.1, -0.05) is 12.1 Å². The van der Waals surface area contributed by atoms with Crippen LogP contribution in [0.25, 0.3) is 11.1 Å². The van der Waals surface area contributed by atoms with Crippen LogP contribution in [0.4, 0.5) is 4.39 Å². The normalized spacial score (nSPS) is 10.5. The number of thiophene rings is 1. The molecule has 0 fully saturated rings. The number of carbonyl (C=O) groups excluding carboxylic acids is 1. The molecule has 122 valence electrons. The third-order valence-corrected chi connectivity index (χ3v) is 4.10. The fourth-order valence-electron chi connectivity index (χ4n) is 1.99. The first kappa shape index (κ1) is 17.1. The number of aryl methyl sites for hydroxylation is 1. The van der Waals surface area contributed by atoms with Gasteiger partial charge in [0, 0.05) is 11.4 Å². The van der Waals surface area contributed by atoms with E-state index in [0.717, 1.165) is 16.0 Å². The molecule has 0 aliphatic heterocycles. The SMILES string of the molecule is Cc1sc(C(=O)NCCOCC(=O)O)cc1-c1ccc(F)cc1. The first-order chi connectivity index (χ1) is 11.0. The molecular formula is C16H16FNO4S. The van der Waals surface area contributed by atoms with E-state index in [2.05, 4.69) is 5.32 Å². The number of carboxylic acid groups (broad SMARTS) is 1. The average molecular weight is 337 g/mol. The van der Waals surface area contributed by atoms with Crippen molar-refractivity contribution >= 4 is 23.2 Å². The van der Waals surface area contributed by atoms with E-state index in [0.29, 0.717) is 4.88 Å². The van der Waals surface area contributed by atoms with Gasteiger partial charge in [-0.3, -0.25) is 4.79 Å². The molecule has 1 heterocycles. The molecule has 0 aliphatic rings. The second-order valence-electron chi connectivity index (χ2n) is 4.79. The number of halogens is 1. The van der Waals surface area contributed by atoms with Gasteiger partial charge in [0.25, 0.3) is 5.91 Å². The summed E-state index contributed by atoms with van der Waals surface area (Å²) in [7, 11) is 0. The number of hydrogen-bond donors (Lipinski definition) is 2. The number of aliphatic carboxylic acids is 1. The lowest BCUT2D eigenvalue weighted by molar-refractivity contribution is -0.142. The zero-order valence-electron chi connectivity index (χ0n) is 12.5. The van der Waals surface area contributed by atoms with E-state index < -0.39 is 5.97 Å². The van der Waals surface area contributed by atoms with E-state index in [1.54, 1.807) is 18.2 Å². The molecule has 0 saturated heterocycles. The summed E-state index contributed by atoms with van der Waals surface area (Å²) in [6.45, 7) is 1.88. The molecule has 2 N–H and O–H groups in total. The quantitative estimate of drug-likeness (QED) is 0.762. The van der Waals surface area contributed by atoms with Gasteiger partial charge in [-0.2, -0.15) is 0 Å². The van der Waals surface area contributed by atoms with E-state index in [1.807, 2.05) is 6.92 Å². The zero-order chi connectivity index (χ0) is 16.8. The predicted octanol–water partition coefficient (Wildman–Crippen LogP) is 2.69. The van der Waals surface area contributed by atoms with Crippen molar-refractivity contribution in [3.8, 4) is 11.1 Å². The summed E-state index contributed by atoms with van der Waals surface area (Å²) in [4.78, 5) is 23.8. The molecule has 7 heteroatoms. The number of hydrogen-bond acceptors (Lipinski definition) is 4. The highest BCUT2D eigenvalue weighted by Crippen LogP contribution is 2.31. The van der Waals surface area contributed by atoms with Crippen molar-refractivity contribution < 1.29 is 23.8 Å². The Labute approximate surface area is 136 Å². The largest absolute Gasteiger partial charge is 0.480 e. The van der Waals surface area contributed by atoms with Crippen LogP contribution in [0.5, 0.6) is 0 Å². The topological polar surface area (TPSA) is 75.6 Å². The van der Waals surface area contributed by atoms with Gasteiger partial charge in [-0.05, 0) is 36.2 Å². The van der Waals surface area contributed by atoms with Crippen molar-refractivity contribution in [3.05, 3.63) is 45.9 Å². The average Bonchev–Trinajstić information content (AvgIpc) is 2.89. The van der Waals surface area contributed by atoms with Gasteiger partial charge in [0.2, 0.25) is 0 Å². The Hall–Kier alpha value is -2.25. The molecule has 0 bridgehead atoms. The standard InChI is InChI=1S/C16H16FNO4S/c1-10-13(11-2-4-12(17)5-3-11)8-14(23-10)16(21)18-6-7-22-9-15(19)20/h2-5,8H,6-7,9H2,1H3,(H,18,21)(H,19,20). The summed E-state index contributed by atoms with van der Waals surface area (Å²) in [6.07, 6.45) is 0.